The van der Waals surface area contributed by atoms with Crippen LogP contribution in [0, 0.1) is 0 Å². The quantitative estimate of drug-likeness (QED) is 0.603. The molecule has 1 aromatic carbocycles. The van der Waals surface area contributed by atoms with Crippen LogP contribution in [-0.2, 0) is 9.53 Å². The van der Waals surface area contributed by atoms with E-state index in [0.29, 0.717) is 28.5 Å². The molecule has 0 saturated carbocycles. The zero-order valence-electron chi connectivity index (χ0n) is 17.3. The highest BCUT2D eigenvalue weighted by Gasteiger charge is 2.37. The lowest BCUT2D eigenvalue weighted by molar-refractivity contribution is -0.138. The van der Waals surface area contributed by atoms with Crippen LogP contribution in [0.25, 0.3) is 0 Å². The molecule has 1 aliphatic rings. The molecule has 3 rings (SSSR count). The van der Waals surface area contributed by atoms with Crippen molar-refractivity contribution < 1.29 is 23.7 Å². The zero-order valence-corrected chi connectivity index (χ0v) is 17.3. The molecule has 2 heterocycles. The van der Waals surface area contributed by atoms with Gasteiger partial charge in [-0.05, 0) is 31.5 Å². The molecule has 1 aliphatic heterocycles. The average Bonchev–Trinajstić information content (AvgIpc) is 2.71. The van der Waals surface area contributed by atoms with E-state index < -0.39 is 23.1 Å². The van der Waals surface area contributed by atoms with Crippen molar-refractivity contribution in [3.05, 3.63) is 55.4 Å². The van der Waals surface area contributed by atoms with Crippen LogP contribution in [-0.4, -0.2) is 43.9 Å². The Morgan fingerprint density at radius 3 is 2.20 bits per heavy atom. The number of carbonyl (C=O) groups excluding carboxylic acids is 1. The number of benzene rings is 1. The summed E-state index contributed by atoms with van der Waals surface area (Å²) in [6.07, 6.45) is 0. The number of aromatic amines is 2. The first-order valence-corrected chi connectivity index (χ1v) is 9.17. The van der Waals surface area contributed by atoms with Crippen LogP contribution in [0.2, 0.25) is 0 Å². The van der Waals surface area contributed by atoms with Gasteiger partial charge in [-0.2, -0.15) is 0 Å². The van der Waals surface area contributed by atoms with Crippen molar-refractivity contribution in [2.75, 3.05) is 33.3 Å². The van der Waals surface area contributed by atoms with Crippen molar-refractivity contribution >= 4 is 11.8 Å². The number of esters is 1. The van der Waals surface area contributed by atoms with Gasteiger partial charge in [-0.1, -0.05) is 0 Å². The molecule has 1 atom stereocenters. The molecule has 0 saturated heterocycles. The van der Waals surface area contributed by atoms with Gasteiger partial charge in [-0.3, -0.25) is 14.8 Å². The highest BCUT2D eigenvalue weighted by Crippen LogP contribution is 2.45. The molecule has 0 spiro atoms. The maximum absolute atomic E-state index is 12.8. The Morgan fingerprint density at radius 2 is 1.67 bits per heavy atom. The van der Waals surface area contributed by atoms with E-state index in [4.69, 9.17) is 18.9 Å². The third-order valence-electron chi connectivity index (χ3n) is 4.79. The first-order valence-electron chi connectivity index (χ1n) is 9.17. The first kappa shape index (κ1) is 21.0. The monoisotopic (exact) mass is 417 g/mol. The van der Waals surface area contributed by atoms with E-state index in [1.807, 2.05) is 0 Å². The summed E-state index contributed by atoms with van der Waals surface area (Å²) in [4.78, 5) is 42.2. The lowest BCUT2D eigenvalue weighted by Gasteiger charge is -2.29. The number of hydrogen-bond donors (Lipinski definition) is 3. The molecule has 10 heteroatoms. The minimum atomic E-state index is -0.852. The SMILES string of the molecule is CCOC(=O)C1=C(C)Nc2[nH]c(=O)[nH]c(=O)c2[C@H]1c1cc(OC)c(OC)c(OC)c1. The number of rotatable bonds is 6. The smallest absolute Gasteiger partial charge is 0.336 e. The van der Waals surface area contributed by atoms with Crippen LogP contribution >= 0.6 is 0 Å². The van der Waals surface area contributed by atoms with Gasteiger partial charge in [-0.25, -0.2) is 9.59 Å². The van der Waals surface area contributed by atoms with Gasteiger partial charge >= 0.3 is 11.7 Å². The fraction of sp³-hybridized carbons (Fsp3) is 0.350. The van der Waals surface area contributed by atoms with Crippen LogP contribution in [0.5, 0.6) is 17.2 Å². The van der Waals surface area contributed by atoms with E-state index >= 15 is 0 Å². The summed E-state index contributed by atoms with van der Waals surface area (Å²) in [6.45, 7) is 3.52. The summed E-state index contributed by atoms with van der Waals surface area (Å²) in [7, 11) is 4.41. The van der Waals surface area contributed by atoms with Crippen LogP contribution in [0.1, 0.15) is 30.9 Å². The Morgan fingerprint density at radius 1 is 1.03 bits per heavy atom. The molecule has 160 valence electrons. The zero-order chi connectivity index (χ0) is 22.0. The minimum absolute atomic E-state index is 0.159. The fourth-order valence-electron chi connectivity index (χ4n) is 3.57. The average molecular weight is 417 g/mol. The number of fused-ring (bicyclic) bond motifs is 1. The highest BCUT2D eigenvalue weighted by atomic mass is 16.5. The maximum atomic E-state index is 12.8. The maximum Gasteiger partial charge on any atom is 0.336 e. The molecule has 1 aromatic heterocycles. The standard InChI is InChI=1S/C20H23N3O7/c1-6-30-19(25)13-9(2)21-17-15(18(24)23-20(26)22-17)14(13)10-7-11(27-3)16(29-5)12(8-10)28-4/h7-8,14H,6H2,1-5H3,(H3,21,22,23,24,26)/t14-/m0/s1. The number of allylic oxidation sites excluding steroid dienone is 1. The lowest BCUT2D eigenvalue weighted by Crippen LogP contribution is -2.35. The van der Waals surface area contributed by atoms with Gasteiger partial charge in [0, 0.05) is 5.70 Å². The molecular formula is C20H23N3O7. The second-order valence-corrected chi connectivity index (χ2v) is 6.47. The predicted molar refractivity (Wildman–Crippen MR) is 109 cm³/mol. The van der Waals surface area contributed by atoms with Crippen LogP contribution in [0.4, 0.5) is 5.82 Å². The molecule has 0 aliphatic carbocycles. The Balaban J connectivity index is 2.35. The van der Waals surface area contributed by atoms with Crippen molar-refractivity contribution in [3.63, 3.8) is 0 Å². The number of hydrogen-bond acceptors (Lipinski definition) is 8. The third kappa shape index (κ3) is 3.51. The second-order valence-electron chi connectivity index (χ2n) is 6.47. The molecular weight excluding hydrogens is 394 g/mol. The number of carbonyl (C=O) groups is 1. The minimum Gasteiger partial charge on any atom is -0.493 e. The van der Waals surface area contributed by atoms with E-state index in [0.717, 1.165) is 0 Å². The summed E-state index contributed by atoms with van der Waals surface area (Å²) in [5.41, 5.74) is 0.0680. The highest BCUT2D eigenvalue weighted by molar-refractivity contribution is 5.94. The van der Waals surface area contributed by atoms with Gasteiger partial charge in [0.25, 0.3) is 5.56 Å². The van der Waals surface area contributed by atoms with E-state index in [-0.39, 0.29) is 23.6 Å². The van der Waals surface area contributed by atoms with E-state index in [2.05, 4.69) is 15.3 Å². The van der Waals surface area contributed by atoms with Crippen molar-refractivity contribution in [2.45, 2.75) is 19.8 Å². The third-order valence-corrected chi connectivity index (χ3v) is 4.79. The molecule has 30 heavy (non-hydrogen) atoms. The molecule has 2 aromatic rings. The normalized spacial score (nSPS) is 15.2. The lowest BCUT2D eigenvalue weighted by atomic mass is 9.82. The molecule has 10 nitrogen and oxygen atoms in total. The molecule has 0 fully saturated rings. The van der Waals surface area contributed by atoms with Gasteiger partial charge in [0.15, 0.2) is 11.5 Å². The number of methoxy groups -OCH3 is 3. The number of anilines is 1. The van der Waals surface area contributed by atoms with Crippen molar-refractivity contribution in [1.29, 1.82) is 0 Å². The van der Waals surface area contributed by atoms with E-state index in [1.54, 1.807) is 26.0 Å². The number of aromatic nitrogens is 2. The van der Waals surface area contributed by atoms with Gasteiger partial charge in [0.1, 0.15) is 5.82 Å². The fourth-order valence-corrected chi connectivity index (χ4v) is 3.57. The largest absolute Gasteiger partial charge is 0.493 e. The first-order chi connectivity index (χ1) is 14.4. The summed E-state index contributed by atoms with van der Waals surface area (Å²) >= 11 is 0. The summed E-state index contributed by atoms with van der Waals surface area (Å²) in [5.74, 6) is -0.158. The van der Waals surface area contributed by atoms with Crippen molar-refractivity contribution in [2.24, 2.45) is 0 Å². The van der Waals surface area contributed by atoms with Gasteiger partial charge in [0.2, 0.25) is 5.75 Å². The number of H-pyrrole nitrogens is 2. The number of ether oxygens (including phenoxy) is 4. The second kappa shape index (κ2) is 8.36. The van der Waals surface area contributed by atoms with Crippen LogP contribution < -0.4 is 30.8 Å². The Labute approximate surface area is 171 Å². The Kier molecular flexibility index (Phi) is 5.86. The van der Waals surface area contributed by atoms with Crippen LogP contribution in [0.15, 0.2) is 33.0 Å². The van der Waals surface area contributed by atoms with E-state index in [1.165, 1.54) is 21.3 Å². The number of nitrogens with one attached hydrogen (secondary N) is 3. The molecule has 0 unspecified atom stereocenters. The Bertz CT molecular complexity index is 1100. The summed E-state index contributed by atoms with van der Waals surface area (Å²) in [6, 6.07) is 3.30. The van der Waals surface area contributed by atoms with Gasteiger partial charge in [0.05, 0.1) is 45.0 Å². The topological polar surface area (TPSA) is 132 Å². The molecule has 0 amide bonds. The van der Waals surface area contributed by atoms with Gasteiger partial charge in [-0.15, -0.1) is 0 Å². The summed E-state index contributed by atoms with van der Waals surface area (Å²) in [5, 5.41) is 2.93. The van der Waals surface area contributed by atoms with Gasteiger partial charge < -0.3 is 24.3 Å². The summed E-state index contributed by atoms with van der Waals surface area (Å²) < 4.78 is 21.4. The molecule has 0 radical (unpaired) electrons. The molecule has 3 N–H and O–H groups in total. The van der Waals surface area contributed by atoms with Crippen molar-refractivity contribution in [3.8, 4) is 17.2 Å². The molecule has 0 bridgehead atoms. The van der Waals surface area contributed by atoms with Crippen LogP contribution in [0.3, 0.4) is 0 Å². The Hall–Kier alpha value is -3.69. The van der Waals surface area contributed by atoms with Crippen molar-refractivity contribution in [1.82, 2.24) is 9.97 Å². The predicted octanol–water partition coefficient (Wildman–Crippen LogP) is 1.48. The van der Waals surface area contributed by atoms with E-state index in [9.17, 15) is 14.4 Å².